The van der Waals surface area contributed by atoms with Crippen molar-refractivity contribution in [3.05, 3.63) is 0 Å². The van der Waals surface area contributed by atoms with Gasteiger partial charge >= 0.3 is 0 Å². The van der Waals surface area contributed by atoms with Crippen molar-refractivity contribution in [2.24, 2.45) is 11.8 Å². The van der Waals surface area contributed by atoms with Gasteiger partial charge < -0.3 is 15.5 Å². The highest BCUT2D eigenvalue weighted by Crippen LogP contribution is 2.14. The second-order valence-corrected chi connectivity index (χ2v) is 6.23. The molecule has 0 spiro atoms. The van der Waals surface area contributed by atoms with E-state index in [0.717, 1.165) is 52.1 Å². The number of hydrogen-bond acceptors (Lipinski definition) is 3. The van der Waals surface area contributed by atoms with E-state index in [-0.39, 0.29) is 18.3 Å². The van der Waals surface area contributed by atoms with Gasteiger partial charge in [0.2, 0.25) is 5.91 Å². The van der Waals surface area contributed by atoms with Crippen LogP contribution in [0.4, 0.5) is 0 Å². The first kappa shape index (κ1) is 19.7. The summed E-state index contributed by atoms with van der Waals surface area (Å²) in [7, 11) is 0. The van der Waals surface area contributed by atoms with Crippen LogP contribution in [0.1, 0.15) is 40.0 Å². The van der Waals surface area contributed by atoms with Crippen LogP contribution in [-0.4, -0.2) is 50.1 Å². The van der Waals surface area contributed by atoms with E-state index >= 15 is 0 Å². The summed E-state index contributed by atoms with van der Waals surface area (Å²) in [4.78, 5) is 14.2. The van der Waals surface area contributed by atoms with Crippen molar-refractivity contribution < 1.29 is 4.79 Å². The van der Waals surface area contributed by atoms with E-state index in [2.05, 4.69) is 36.3 Å². The second-order valence-electron chi connectivity index (χ2n) is 6.23. The summed E-state index contributed by atoms with van der Waals surface area (Å²) >= 11 is 0. The molecule has 120 valence electrons. The van der Waals surface area contributed by atoms with Gasteiger partial charge in [0, 0.05) is 39.1 Å². The number of carbonyl (C=O) groups excluding carboxylic acids is 1. The molecule has 0 aliphatic carbocycles. The molecule has 0 aromatic rings. The molecule has 1 heterocycles. The lowest BCUT2D eigenvalue weighted by molar-refractivity contribution is -0.122. The SMILES string of the molecule is CC(C)CC(C)CC(=O)NCCCN1CCNCC1.Cl. The summed E-state index contributed by atoms with van der Waals surface area (Å²) < 4.78 is 0. The Hall–Kier alpha value is -0.320. The molecule has 1 unspecified atom stereocenters. The van der Waals surface area contributed by atoms with Crippen LogP contribution in [0, 0.1) is 11.8 Å². The lowest BCUT2D eigenvalue weighted by Crippen LogP contribution is -2.44. The van der Waals surface area contributed by atoms with Gasteiger partial charge in [-0.15, -0.1) is 12.4 Å². The number of piperazine rings is 1. The van der Waals surface area contributed by atoms with E-state index in [1.54, 1.807) is 0 Å². The maximum atomic E-state index is 11.8. The van der Waals surface area contributed by atoms with Crippen molar-refractivity contribution in [1.29, 1.82) is 0 Å². The minimum absolute atomic E-state index is 0. The number of hydrogen-bond donors (Lipinski definition) is 2. The topological polar surface area (TPSA) is 44.4 Å². The summed E-state index contributed by atoms with van der Waals surface area (Å²) in [5.41, 5.74) is 0. The van der Waals surface area contributed by atoms with E-state index in [0.29, 0.717) is 18.3 Å². The van der Waals surface area contributed by atoms with Crippen LogP contribution in [0.2, 0.25) is 0 Å². The number of halogens is 1. The number of rotatable bonds is 8. The molecule has 1 aliphatic rings. The monoisotopic (exact) mass is 305 g/mol. The van der Waals surface area contributed by atoms with Crippen LogP contribution >= 0.6 is 12.4 Å². The van der Waals surface area contributed by atoms with Crippen molar-refractivity contribution in [2.45, 2.75) is 40.0 Å². The zero-order valence-electron chi connectivity index (χ0n) is 13.3. The first-order valence-electron chi connectivity index (χ1n) is 7.77. The highest BCUT2D eigenvalue weighted by atomic mass is 35.5. The maximum Gasteiger partial charge on any atom is 0.220 e. The average molecular weight is 306 g/mol. The van der Waals surface area contributed by atoms with Crippen molar-refractivity contribution in [3.8, 4) is 0 Å². The lowest BCUT2D eigenvalue weighted by Gasteiger charge is -2.27. The standard InChI is InChI=1S/C15H31N3O.ClH/c1-13(2)11-14(3)12-15(19)17-5-4-8-18-9-6-16-7-10-18;/h13-14,16H,4-12H2,1-3H3,(H,17,19);1H. The molecule has 0 aromatic heterocycles. The third-order valence-corrected chi connectivity index (χ3v) is 3.59. The van der Waals surface area contributed by atoms with Gasteiger partial charge in [-0.2, -0.15) is 0 Å². The molecule has 1 atom stereocenters. The molecule has 0 bridgehead atoms. The van der Waals surface area contributed by atoms with E-state index in [4.69, 9.17) is 0 Å². The maximum absolute atomic E-state index is 11.8. The van der Waals surface area contributed by atoms with Crippen LogP contribution in [0.5, 0.6) is 0 Å². The number of nitrogens with one attached hydrogen (secondary N) is 2. The van der Waals surface area contributed by atoms with Crippen LogP contribution in [0.15, 0.2) is 0 Å². The van der Waals surface area contributed by atoms with Crippen LogP contribution < -0.4 is 10.6 Å². The fourth-order valence-corrected chi connectivity index (χ4v) is 2.74. The number of carbonyl (C=O) groups is 1. The van der Waals surface area contributed by atoms with Crippen LogP contribution in [-0.2, 0) is 4.79 Å². The van der Waals surface area contributed by atoms with Gasteiger partial charge in [-0.1, -0.05) is 20.8 Å². The zero-order chi connectivity index (χ0) is 14.1. The minimum atomic E-state index is 0. The van der Waals surface area contributed by atoms with Crippen molar-refractivity contribution in [2.75, 3.05) is 39.3 Å². The Kier molecular flexibility index (Phi) is 11.2. The molecular weight excluding hydrogens is 274 g/mol. The quantitative estimate of drug-likeness (QED) is 0.673. The molecule has 1 amide bonds. The van der Waals surface area contributed by atoms with Crippen LogP contribution in [0.25, 0.3) is 0 Å². The van der Waals surface area contributed by atoms with Gasteiger partial charge in [-0.25, -0.2) is 0 Å². The summed E-state index contributed by atoms with van der Waals surface area (Å²) in [5, 5.41) is 6.39. The highest BCUT2D eigenvalue weighted by Gasteiger charge is 2.11. The number of amides is 1. The van der Waals surface area contributed by atoms with Crippen LogP contribution in [0.3, 0.4) is 0 Å². The Labute approximate surface area is 130 Å². The molecule has 1 fully saturated rings. The van der Waals surface area contributed by atoms with Gasteiger partial charge in [0.25, 0.3) is 0 Å². The summed E-state index contributed by atoms with van der Waals surface area (Å²) in [6.07, 6.45) is 2.87. The third-order valence-electron chi connectivity index (χ3n) is 3.59. The molecule has 0 saturated carbocycles. The van der Waals surface area contributed by atoms with Gasteiger partial charge in [0.1, 0.15) is 0 Å². The van der Waals surface area contributed by atoms with Gasteiger partial charge in [-0.05, 0) is 31.2 Å². The van der Waals surface area contributed by atoms with Crippen molar-refractivity contribution in [1.82, 2.24) is 15.5 Å². The molecule has 1 saturated heterocycles. The predicted octanol–water partition coefficient (Wildman–Crippen LogP) is 1.89. The minimum Gasteiger partial charge on any atom is -0.356 e. The summed E-state index contributed by atoms with van der Waals surface area (Å²) in [6.45, 7) is 13.0. The predicted molar refractivity (Wildman–Crippen MR) is 87.4 cm³/mol. The second kappa shape index (κ2) is 11.4. The van der Waals surface area contributed by atoms with Crippen molar-refractivity contribution in [3.63, 3.8) is 0 Å². The molecule has 0 radical (unpaired) electrons. The summed E-state index contributed by atoms with van der Waals surface area (Å²) in [6, 6.07) is 0. The Balaban J connectivity index is 0.00000361. The Morgan fingerprint density at radius 2 is 1.90 bits per heavy atom. The normalized spacial score (nSPS) is 17.6. The van der Waals surface area contributed by atoms with Gasteiger partial charge in [-0.3, -0.25) is 4.79 Å². The average Bonchev–Trinajstić information content (AvgIpc) is 2.35. The molecular formula is C15H32ClN3O. The molecule has 4 nitrogen and oxygen atoms in total. The molecule has 5 heteroatoms. The van der Waals surface area contributed by atoms with E-state index in [1.807, 2.05) is 0 Å². The van der Waals surface area contributed by atoms with E-state index < -0.39 is 0 Å². The smallest absolute Gasteiger partial charge is 0.220 e. The molecule has 20 heavy (non-hydrogen) atoms. The first-order valence-corrected chi connectivity index (χ1v) is 7.77. The molecule has 1 aliphatic heterocycles. The first-order chi connectivity index (χ1) is 9.08. The third kappa shape index (κ3) is 9.56. The molecule has 1 rings (SSSR count). The Bertz CT molecular complexity index is 256. The zero-order valence-corrected chi connectivity index (χ0v) is 14.1. The highest BCUT2D eigenvalue weighted by molar-refractivity contribution is 5.85. The summed E-state index contributed by atoms with van der Waals surface area (Å²) in [5.74, 6) is 1.39. The molecule has 2 N–H and O–H groups in total. The fraction of sp³-hybridized carbons (Fsp3) is 0.933. The van der Waals surface area contributed by atoms with Crippen molar-refractivity contribution >= 4 is 18.3 Å². The lowest BCUT2D eigenvalue weighted by atomic mass is 9.96. The van der Waals surface area contributed by atoms with Gasteiger partial charge in [0.05, 0.1) is 0 Å². The largest absolute Gasteiger partial charge is 0.356 e. The molecule has 0 aromatic carbocycles. The van der Waals surface area contributed by atoms with Gasteiger partial charge in [0.15, 0.2) is 0 Å². The number of nitrogens with zero attached hydrogens (tertiary/aromatic N) is 1. The van der Waals surface area contributed by atoms with E-state index in [9.17, 15) is 4.79 Å². The van der Waals surface area contributed by atoms with E-state index in [1.165, 1.54) is 0 Å². The Morgan fingerprint density at radius 3 is 2.50 bits per heavy atom. The Morgan fingerprint density at radius 1 is 1.25 bits per heavy atom. The fourth-order valence-electron chi connectivity index (χ4n) is 2.74.